The Morgan fingerprint density at radius 3 is 1.88 bits per heavy atom. The first-order valence-electron chi connectivity index (χ1n) is 13.5. The highest BCUT2D eigenvalue weighted by Crippen LogP contribution is 2.42. The fraction of sp³-hybridized carbons (Fsp3) is 0.250. The van der Waals surface area contributed by atoms with Gasteiger partial charge in [0.05, 0.1) is 0 Å². The molecule has 2 heterocycles. The number of benzene rings is 3. The predicted octanol–water partition coefficient (Wildman–Crippen LogP) is 5.55. The van der Waals surface area contributed by atoms with Gasteiger partial charge in [0, 0.05) is 30.2 Å². The van der Waals surface area contributed by atoms with E-state index in [9.17, 15) is 9.90 Å². The second-order valence-corrected chi connectivity index (χ2v) is 10.1. The van der Waals surface area contributed by atoms with Crippen LogP contribution in [-0.4, -0.2) is 45.1 Å². The van der Waals surface area contributed by atoms with Gasteiger partial charge in [-0.1, -0.05) is 78.9 Å². The number of likely N-dealkylation sites (tertiary alicyclic amines) is 1. The maximum atomic E-state index is 13.0. The molecule has 204 valence electrons. The van der Waals surface area contributed by atoms with Crippen LogP contribution in [0.2, 0.25) is 0 Å². The number of urea groups is 1. The van der Waals surface area contributed by atoms with Crippen molar-refractivity contribution in [2.24, 2.45) is 10.9 Å². The quantitative estimate of drug-likeness (QED) is 0.230. The summed E-state index contributed by atoms with van der Waals surface area (Å²) in [5.74, 6) is 0.630. The molecule has 1 saturated heterocycles. The van der Waals surface area contributed by atoms with E-state index in [1.165, 1.54) is 0 Å². The largest absolute Gasteiger partial charge is 0.380 e. The molecule has 0 radical (unpaired) electrons. The minimum atomic E-state index is -1.14. The van der Waals surface area contributed by atoms with Crippen molar-refractivity contribution in [1.29, 1.82) is 0 Å². The van der Waals surface area contributed by atoms with Crippen LogP contribution in [0.15, 0.2) is 102 Å². The van der Waals surface area contributed by atoms with Gasteiger partial charge in [0.15, 0.2) is 0 Å². The van der Waals surface area contributed by atoms with E-state index in [4.69, 9.17) is 0 Å². The molecule has 0 spiro atoms. The first kappa shape index (κ1) is 27.0. The first-order valence-corrected chi connectivity index (χ1v) is 13.5. The second kappa shape index (κ2) is 12.1. The van der Waals surface area contributed by atoms with E-state index in [2.05, 4.69) is 25.6 Å². The average Bonchev–Trinajstić information content (AvgIpc) is 2.97. The monoisotopic (exact) mass is 534 g/mol. The number of aromatic nitrogens is 2. The lowest BCUT2D eigenvalue weighted by Crippen LogP contribution is -2.51. The maximum Gasteiger partial charge on any atom is 0.326 e. The summed E-state index contributed by atoms with van der Waals surface area (Å²) in [6.07, 6.45) is 1.38. The van der Waals surface area contributed by atoms with Gasteiger partial charge in [0.25, 0.3) is 5.95 Å². The molecule has 8 nitrogen and oxygen atoms in total. The Morgan fingerprint density at radius 2 is 1.35 bits per heavy atom. The van der Waals surface area contributed by atoms with Crippen LogP contribution in [0, 0.1) is 19.8 Å². The number of aliphatic imine (C=N–C) groups is 1. The molecule has 4 aromatic rings. The molecule has 5 rings (SSSR count). The third-order valence-electron chi connectivity index (χ3n) is 7.25. The van der Waals surface area contributed by atoms with E-state index in [1.807, 2.05) is 116 Å². The lowest BCUT2D eigenvalue weighted by Gasteiger charge is -2.43. The molecular formula is C32H34N6O2. The predicted molar refractivity (Wildman–Crippen MR) is 157 cm³/mol. The van der Waals surface area contributed by atoms with Gasteiger partial charge in [-0.15, -0.1) is 0 Å². The normalized spacial score (nSPS) is 14.6. The highest BCUT2D eigenvalue weighted by atomic mass is 16.3. The van der Waals surface area contributed by atoms with Crippen molar-refractivity contribution in [3.63, 3.8) is 0 Å². The minimum Gasteiger partial charge on any atom is -0.380 e. The Hall–Kier alpha value is -4.56. The standard InChI is InChI=1S/C32H34N6O2/c1-23-22-24(2)34-29(33-23)36-30(37-31(39)35-28-16-10-5-11-17-28)38-20-18-27(19-21-38)32(40,25-12-6-3-7-13-25)26-14-8-4-9-15-26/h3-17,22,27,40H,18-21H2,1-2H3,(H2,33,34,35,36,37,39). The van der Waals surface area contributed by atoms with Crippen LogP contribution in [0.3, 0.4) is 0 Å². The molecule has 0 aliphatic carbocycles. The highest BCUT2D eigenvalue weighted by Gasteiger charge is 2.42. The molecule has 1 aliphatic heterocycles. The van der Waals surface area contributed by atoms with Gasteiger partial charge in [-0.05, 0) is 61.9 Å². The molecule has 1 fully saturated rings. The number of amides is 2. The van der Waals surface area contributed by atoms with Crippen molar-refractivity contribution in [3.8, 4) is 0 Å². The number of rotatable bonds is 5. The zero-order valence-electron chi connectivity index (χ0n) is 22.8. The van der Waals surface area contributed by atoms with E-state index in [1.54, 1.807) is 0 Å². The molecule has 0 saturated carbocycles. The topological polar surface area (TPSA) is 103 Å². The summed E-state index contributed by atoms with van der Waals surface area (Å²) in [7, 11) is 0. The molecule has 0 atom stereocenters. The summed E-state index contributed by atoms with van der Waals surface area (Å²) >= 11 is 0. The van der Waals surface area contributed by atoms with E-state index in [-0.39, 0.29) is 5.92 Å². The van der Waals surface area contributed by atoms with Crippen LogP contribution in [0.4, 0.5) is 16.4 Å². The summed E-state index contributed by atoms with van der Waals surface area (Å²) in [6.45, 7) is 4.95. The van der Waals surface area contributed by atoms with Crippen LogP contribution in [0.25, 0.3) is 0 Å². The summed E-state index contributed by atoms with van der Waals surface area (Å²) < 4.78 is 0. The fourth-order valence-electron chi connectivity index (χ4n) is 5.35. The van der Waals surface area contributed by atoms with Crippen LogP contribution < -0.4 is 10.6 Å². The van der Waals surface area contributed by atoms with Gasteiger partial charge in [-0.3, -0.25) is 5.32 Å². The molecule has 0 unspecified atom stereocenters. The Morgan fingerprint density at radius 1 is 0.850 bits per heavy atom. The summed E-state index contributed by atoms with van der Waals surface area (Å²) in [4.78, 5) is 28.6. The molecule has 2 amide bonds. The number of nitrogens with one attached hydrogen (secondary N) is 2. The Kier molecular flexibility index (Phi) is 8.17. The Labute approximate surface area is 234 Å². The van der Waals surface area contributed by atoms with Gasteiger partial charge >= 0.3 is 6.03 Å². The van der Waals surface area contributed by atoms with Crippen molar-refractivity contribution < 1.29 is 9.90 Å². The molecule has 3 N–H and O–H groups in total. The van der Waals surface area contributed by atoms with Crippen molar-refractivity contribution in [2.75, 3.05) is 18.4 Å². The van der Waals surface area contributed by atoms with Crippen molar-refractivity contribution in [3.05, 3.63) is 120 Å². The third-order valence-corrected chi connectivity index (χ3v) is 7.25. The van der Waals surface area contributed by atoms with Gasteiger partial charge in [0.1, 0.15) is 5.60 Å². The lowest BCUT2D eigenvalue weighted by atomic mass is 9.72. The van der Waals surface area contributed by atoms with Crippen LogP contribution in [0.5, 0.6) is 0 Å². The zero-order valence-corrected chi connectivity index (χ0v) is 22.8. The molecule has 1 aliphatic rings. The van der Waals surface area contributed by atoms with Crippen molar-refractivity contribution >= 4 is 23.6 Å². The third kappa shape index (κ3) is 6.18. The number of aryl methyl sites for hydroxylation is 2. The van der Waals surface area contributed by atoms with E-state index >= 15 is 0 Å². The molecule has 0 bridgehead atoms. The lowest BCUT2D eigenvalue weighted by molar-refractivity contribution is -0.00679. The number of carbonyl (C=O) groups is 1. The van der Waals surface area contributed by atoms with Gasteiger partial charge in [-0.2, -0.15) is 4.99 Å². The van der Waals surface area contributed by atoms with E-state index in [0.717, 1.165) is 22.5 Å². The molecule has 8 heteroatoms. The number of guanidine groups is 1. The smallest absolute Gasteiger partial charge is 0.326 e. The molecular weight excluding hydrogens is 500 g/mol. The SMILES string of the molecule is Cc1cc(C)nc(/N=C(\NC(=O)Nc2ccccc2)N2CCC(C(O)(c3ccccc3)c3ccccc3)CC2)n1. The van der Waals surface area contributed by atoms with Crippen molar-refractivity contribution in [2.45, 2.75) is 32.3 Å². The molecule has 1 aromatic heterocycles. The molecule has 3 aromatic carbocycles. The summed E-state index contributed by atoms with van der Waals surface area (Å²) in [5.41, 5.74) is 2.88. The van der Waals surface area contributed by atoms with E-state index in [0.29, 0.717) is 43.5 Å². The second-order valence-electron chi connectivity index (χ2n) is 10.1. The number of carbonyl (C=O) groups excluding carboxylic acids is 1. The average molecular weight is 535 g/mol. The number of aliphatic hydroxyl groups is 1. The Balaban J connectivity index is 1.40. The van der Waals surface area contributed by atoms with Crippen molar-refractivity contribution in [1.82, 2.24) is 20.2 Å². The Bertz CT molecular complexity index is 1390. The zero-order chi connectivity index (χ0) is 28.0. The number of para-hydroxylation sites is 1. The van der Waals surface area contributed by atoms with Gasteiger partial charge in [0.2, 0.25) is 5.96 Å². The number of nitrogens with zero attached hydrogens (tertiary/aromatic N) is 4. The summed E-state index contributed by atoms with van der Waals surface area (Å²) in [5, 5.41) is 18.0. The maximum absolute atomic E-state index is 13.0. The van der Waals surface area contributed by atoms with Gasteiger partial charge < -0.3 is 15.3 Å². The number of piperidine rings is 1. The summed E-state index contributed by atoms with van der Waals surface area (Å²) in [6, 6.07) is 30.4. The van der Waals surface area contributed by atoms with E-state index < -0.39 is 11.6 Å². The fourth-order valence-corrected chi connectivity index (χ4v) is 5.35. The number of hydrogen-bond donors (Lipinski definition) is 3. The molecule has 40 heavy (non-hydrogen) atoms. The minimum absolute atomic E-state index is 0.0367. The van der Waals surface area contributed by atoms with Crippen LogP contribution >= 0.6 is 0 Å². The first-order chi connectivity index (χ1) is 19.4. The number of anilines is 1. The van der Waals surface area contributed by atoms with Gasteiger partial charge in [-0.25, -0.2) is 14.8 Å². The number of hydrogen-bond acceptors (Lipinski definition) is 5. The van der Waals surface area contributed by atoms with Crippen LogP contribution in [-0.2, 0) is 5.60 Å². The highest BCUT2D eigenvalue weighted by molar-refractivity contribution is 6.02. The van der Waals surface area contributed by atoms with Crippen LogP contribution in [0.1, 0.15) is 35.4 Å².